The van der Waals surface area contributed by atoms with Crippen LogP contribution in [0.3, 0.4) is 0 Å². The molecule has 0 aromatic rings. The van der Waals surface area contributed by atoms with Gasteiger partial charge in [0.15, 0.2) is 0 Å². The third kappa shape index (κ3) is 8.37. The van der Waals surface area contributed by atoms with E-state index in [4.69, 9.17) is 5.11 Å². The fourth-order valence-electron chi connectivity index (χ4n) is 1.06. The van der Waals surface area contributed by atoms with Gasteiger partial charge < -0.3 is 10.4 Å². The van der Waals surface area contributed by atoms with E-state index in [1.807, 2.05) is 11.8 Å². The van der Waals surface area contributed by atoms with Crippen molar-refractivity contribution in [1.82, 2.24) is 5.32 Å². The molecule has 0 aromatic heterocycles. The molecule has 0 rings (SSSR count). The summed E-state index contributed by atoms with van der Waals surface area (Å²) in [5.74, 6) is 1.24. The standard InChI is InChI=1S/C9H21NOS/c1-9(5-3-7-11)10-6-4-8-12-2/h9-11H,3-8H2,1-2H3/t9-/m0/s1. The Kier molecular flexibility index (Phi) is 9.57. The number of thioether (sulfide) groups is 1. The molecule has 0 aliphatic heterocycles. The molecule has 74 valence electrons. The van der Waals surface area contributed by atoms with Gasteiger partial charge in [0, 0.05) is 12.6 Å². The lowest BCUT2D eigenvalue weighted by Crippen LogP contribution is -2.27. The van der Waals surface area contributed by atoms with Crippen LogP contribution in [0.4, 0.5) is 0 Å². The van der Waals surface area contributed by atoms with Crippen LogP contribution >= 0.6 is 11.8 Å². The molecule has 0 heterocycles. The van der Waals surface area contributed by atoms with Gasteiger partial charge in [-0.15, -0.1) is 0 Å². The number of rotatable bonds is 8. The molecule has 0 aromatic carbocycles. The maximum absolute atomic E-state index is 8.59. The zero-order chi connectivity index (χ0) is 9.23. The van der Waals surface area contributed by atoms with Crippen LogP contribution in [0.5, 0.6) is 0 Å². The van der Waals surface area contributed by atoms with Gasteiger partial charge >= 0.3 is 0 Å². The molecule has 2 N–H and O–H groups in total. The lowest BCUT2D eigenvalue weighted by Gasteiger charge is -2.12. The van der Waals surface area contributed by atoms with Gasteiger partial charge in [-0.25, -0.2) is 0 Å². The molecule has 1 atom stereocenters. The summed E-state index contributed by atoms with van der Waals surface area (Å²) in [6.45, 7) is 3.60. The van der Waals surface area contributed by atoms with E-state index in [0.717, 1.165) is 19.4 Å². The van der Waals surface area contributed by atoms with E-state index in [0.29, 0.717) is 12.6 Å². The number of aliphatic hydroxyl groups excluding tert-OH is 1. The van der Waals surface area contributed by atoms with Crippen LogP contribution < -0.4 is 5.32 Å². The molecule has 0 amide bonds. The molecule has 3 heteroatoms. The molecular weight excluding hydrogens is 170 g/mol. The molecule has 0 saturated carbocycles. The number of hydrogen-bond acceptors (Lipinski definition) is 3. The number of aliphatic hydroxyl groups is 1. The molecule has 0 bridgehead atoms. The summed E-state index contributed by atoms with van der Waals surface area (Å²) in [6, 6.07) is 0.555. The predicted octanol–water partition coefficient (Wildman–Crippen LogP) is 1.49. The average Bonchev–Trinajstić information content (AvgIpc) is 2.09. The van der Waals surface area contributed by atoms with E-state index in [2.05, 4.69) is 18.5 Å². The SMILES string of the molecule is CSCCCN[C@@H](C)CCCO. The van der Waals surface area contributed by atoms with Crippen LogP contribution in [0.25, 0.3) is 0 Å². The van der Waals surface area contributed by atoms with Crippen LogP contribution in [-0.2, 0) is 0 Å². The van der Waals surface area contributed by atoms with Crippen LogP contribution in [0, 0.1) is 0 Å². The van der Waals surface area contributed by atoms with E-state index in [9.17, 15) is 0 Å². The second-order valence-electron chi connectivity index (χ2n) is 3.07. The summed E-state index contributed by atoms with van der Waals surface area (Å²) in [6.07, 6.45) is 5.37. The predicted molar refractivity (Wildman–Crippen MR) is 56.8 cm³/mol. The highest BCUT2D eigenvalue weighted by atomic mass is 32.2. The fourth-order valence-corrected chi connectivity index (χ4v) is 1.50. The maximum atomic E-state index is 8.59. The van der Waals surface area contributed by atoms with Gasteiger partial charge in [-0.3, -0.25) is 0 Å². The van der Waals surface area contributed by atoms with E-state index in [1.165, 1.54) is 12.2 Å². The van der Waals surface area contributed by atoms with Crippen molar-refractivity contribution in [3.63, 3.8) is 0 Å². The van der Waals surface area contributed by atoms with E-state index in [-0.39, 0.29) is 0 Å². The molecule has 12 heavy (non-hydrogen) atoms. The summed E-state index contributed by atoms with van der Waals surface area (Å²) in [4.78, 5) is 0. The van der Waals surface area contributed by atoms with Gasteiger partial charge in [0.05, 0.1) is 0 Å². The van der Waals surface area contributed by atoms with Crippen molar-refractivity contribution in [2.24, 2.45) is 0 Å². The van der Waals surface area contributed by atoms with Crippen molar-refractivity contribution in [3.05, 3.63) is 0 Å². The minimum atomic E-state index is 0.316. The minimum absolute atomic E-state index is 0.316. The van der Waals surface area contributed by atoms with E-state index >= 15 is 0 Å². The van der Waals surface area contributed by atoms with Crippen LogP contribution in [0.15, 0.2) is 0 Å². The van der Waals surface area contributed by atoms with Crippen molar-refractivity contribution in [2.45, 2.75) is 32.2 Å². The summed E-state index contributed by atoms with van der Waals surface area (Å²) in [7, 11) is 0. The molecule has 0 aliphatic carbocycles. The van der Waals surface area contributed by atoms with Gasteiger partial charge in [-0.05, 0) is 44.7 Å². The number of nitrogens with one attached hydrogen (secondary N) is 1. The van der Waals surface area contributed by atoms with Gasteiger partial charge in [-0.1, -0.05) is 0 Å². The Bertz CT molecular complexity index is 90.6. The summed E-state index contributed by atoms with van der Waals surface area (Å²) in [5, 5.41) is 12.0. The van der Waals surface area contributed by atoms with Crippen molar-refractivity contribution < 1.29 is 5.11 Å². The van der Waals surface area contributed by atoms with Gasteiger partial charge in [0.1, 0.15) is 0 Å². The Hall–Kier alpha value is 0.270. The second kappa shape index (κ2) is 9.36. The molecule has 0 radical (unpaired) electrons. The van der Waals surface area contributed by atoms with E-state index in [1.54, 1.807) is 0 Å². The molecule has 0 fully saturated rings. The van der Waals surface area contributed by atoms with Crippen molar-refractivity contribution >= 4 is 11.8 Å². The Balaban J connectivity index is 3.02. The fraction of sp³-hybridized carbons (Fsp3) is 1.00. The van der Waals surface area contributed by atoms with Crippen molar-refractivity contribution in [1.29, 1.82) is 0 Å². The minimum Gasteiger partial charge on any atom is -0.396 e. The Labute approximate surface area is 80.1 Å². The molecule has 0 aliphatic rings. The third-order valence-electron chi connectivity index (χ3n) is 1.81. The van der Waals surface area contributed by atoms with E-state index < -0.39 is 0 Å². The zero-order valence-corrected chi connectivity index (χ0v) is 8.99. The first-order valence-electron chi connectivity index (χ1n) is 4.64. The number of hydrogen-bond donors (Lipinski definition) is 2. The molecule has 2 nitrogen and oxygen atoms in total. The molecular formula is C9H21NOS. The van der Waals surface area contributed by atoms with Crippen molar-refractivity contribution in [2.75, 3.05) is 25.2 Å². The first kappa shape index (κ1) is 12.3. The van der Waals surface area contributed by atoms with Gasteiger partial charge in [0.2, 0.25) is 0 Å². The Morgan fingerprint density at radius 3 is 2.75 bits per heavy atom. The molecule has 0 unspecified atom stereocenters. The highest BCUT2D eigenvalue weighted by molar-refractivity contribution is 7.98. The normalized spacial score (nSPS) is 13.2. The highest BCUT2D eigenvalue weighted by Gasteiger charge is 1.98. The highest BCUT2D eigenvalue weighted by Crippen LogP contribution is 1.97. The Morgan fingerprint density at radius 2 is 2.17 bits per heavy atom. The van der Waals surface area contributed by atoms with Crippen LogP contribution in [0.2, 0.25) is 0 Å². The molecule has 0 spiro atoms. The van der Waals surface area contributed by atoms with Crippen molar-refractivity contribution in [3.8, 4) is 0 Å². The summed E-state index contributed by atoms with van der Waals surface area (Å²) in [5.41, 5.74) is 0. The summed E-state index contributed by atoms with van der Waals surface area (Å²) < 4.78 is 0. The second-order valence-corrected chi connectivity index (χ2v) is 4.05. The van der Waals surface area contributed by atoms with Crippen LogP contribution in [0.1, 0.15) is 26.2 Å². The summed E-state index contributed by atoms with van der Waals surface area (Å²) >= 11 is 1.89. The lowest BCUT2D eigenvalue weighted by atomic mass is 10.2. The maximum Gasteiger partial charge on any atom is 0.0431 e. The zero-order valence-electron chi connectivity index (χ0n) is 8.18. The monoisotopic (exact) mass is 191 g/mol. The Morgan fingerprint density at radius 1 is 1.42 bits per heavy atom. The van der Waals surface area contributed by atoms with Gasteiger partial charge in [0.25, 0.3) is 0 Å². The topological polar surface area (TPSA) is 32.3 Å². The quantitative estimate of drug-likeness (QED) is 0.570. The third-order valence-corrected chi connectivity index (χ3v) is 2.51. The first-order valence-corrected chi connectivity index (χ1v) is 6.03. The molecule has 0 saturated heterocycles. The van der Waals surface area contributed by atoms with Crippen LogP contribution in [-0.4, -0.2) is 36.3 Å². The first-order chi connectivity index (χ1) is 5.81. The largest absolute Gasteiger partial charge is 0.396 e. The van der Waals surface area contributed by atoms with Gasteiger partial charge in [-0.2, -0.15) is 11.8 Å². The smallest absolute Gasteiger partial charge is 0.0431 e. The lowest BCUT2D eigenvalue weighted by molar-refractivity contribution is 0.276. The average molecular weight is 191 g/mol.